The fraction of sp³-hybridized carbons (Fsp3) is 0.200. The van der Waals surface area contributed by atoms with E-state index >= 15 is 0 Å². The van der Waals surface area contributed by atoms with E-state index in [4.69, 9.17) is 4.74 Å². The molecule has 208 valence electrons. The summed E-state index contributed by atoms with van der Waals surface area (Å²) in [5.41, 5.74) is 3.22. The van der Waals surface area contributed by atoms with Crippen LogP contribution in [0.5, 0.6) is 5.75 Å². The SMILES string of the molecule is COc1ccc(N(C)C(=O)[C@H](Cc2ccccc2)NC(=O)NS(=O)(=O)NC2C=C(c3ccccc3)C=CC2)cc1. The second-order valence-corrected chi connectivity index (χ2v) is 10.7. The number of benzene rings is 3. The minimum Gasteiger partial charge on any atom is -0.497 e. The Morgan fingerprint density at radius 2 is 1.62 bits per heavy atom. The molecule has 0 spiro atoms. The van der Waals surface area contributed by atoms with Gasteiger partial charge in [-0.25, -0.2) is 9.52 Å². The Morgan fingerprint density at radius 3 is 2.27 bits per heavy atom. The molecule has 9 nitrogen and oxygen atoms in total. The quantitative estimate of drug-likeness (QED) is 0.349. The third-order valence-electron chi connectivity index (χ3n) is 6.39. The van der Waals surface area contributed by atoms with Crippen molar-refractivity contribution in [2.75, 3.05) is 19.1 Å². The van der Waals surface area contributed by atoms with Gasteiger partial charge in [-0.1, -0.05) is 78.9 Å². The maximum Gasteiger partial charge on any atom is 0.330 e. The lowest BCUT2D eigenvalue weighted by Crippen LogP contribution is -2.54. The van der Waals surface area contributed by atoms with Gasteiger partial charge in [0.1, 0.15) is 11.8 Å². The Balaban J connectivity index is 1.45. The van der Waals surface area contributed by atoms with Crippen molar-refractivity contribution in [3.8, 4) is 5.75 Å². The lowest BCUT2D eigenvalue weighted by atomic mass is 9.97. The van der Waals surface area contributed by atoms with Gasteiger partial charge in [-0.05, 0) is 47.4 Å². The summed E-state index contributed by atoms with van der Waals surface area (Å²) < 4.78 is 35.3. The number of hydrogen-bond donors (Lipinski definition) is 3. The summed E-state index contributed by atoms with van der Waals surface area (Å²) in [6, 6.07) is 23.1. The first kappa shape index (κ1) is 28.6. The molecule has 2 atom stereocenters. The summed E-state index contributed by atoms with van der Waals surface area (Å²) in [7, 11) is -1.10. The van der Waals surface area contributed by atoms with Crippen molar-refractivity contribution in [1.82, 2.24) is 14.8 Å². The third-order valence-corrected chi connectivity index (χ3v) is 7.45. The summed E-state index contributed by atoms with van der Waals surface area (Å²) in [5.74, 6) is 0.224. The van der Waals surface area contributed by atoms with Crippen LogP contribution in [0.4, 0.5) is 10.5 Å². The van der Waals surface area contributed by atoms with Gasteiger partial charge < -0.3 is 15.0 Å². The highest BCUT2D eigenvalue weighted by Gasteiger charge is 2.27. The fourth-order valence-corrected chi connectivity index (χ4v) is 5.27. The van der Waals surface area contributed by atoms with Crippen LogP contribution in [0.15, 0.2) is 103 Å². The first-order valence-electron chi connectivity index (χ1n) is 12.7. The number of rotatable bonds is 10. The Labute approximate surface area is 234 Å². The van der Waals surface area contributed by atoms with Gasteiger partial charge >= 0.3 is 16.2 Å². The number of urea groups is 1. The lowest BCUT2D eigenvalue weighted by molar-refractivity contribution is -0.120. The van der Waals surface area contributed by atoms with Crippen molar-refractivity contribution < 1.29 is 22.7 Å². The molecule has 10 heteroatoms. The van der Waals surface area contributed by atoms with Crippen molar-refractivity contribution in [2.45, 2.75) is 24.9 Å². The smallest absolute Gasteiger partial charge is 0.330 e. The number of hydrogen-bond acceptors (Lipinski definition) is 5. The maximum atomic E-state index is 13.5. The number of carbonyl (C=O) groups is 2. The summed E-state index contributed by atoms with van der Waals surface area (Å²) in [6.45, 7) is 0. The first-order chi connectivity index (χ1) is 19.2. The molecule has 1 aliphatic carbocycles. The Bertz CT molecular complexity index is 1470. The topological polar surface area (TPSA) is 117 Å². The molecular formula is C30H32N4O5S. The zero-order chi connectivity index (χ0) is 28.5. The van der Waals surface area contributed by atoms with Crippen molar-refractivity contribution in [1.29, 1.82) is 0 Å². The number of nitrogens with zero attached hydrogens (tertiary/aromatic N) is 1. The Hall–Kier alpha value is -4.41. The standard InChI is InChI=1S/C30H32N4O5S/c1-34(26-16-18-27(39-2)19-17-26)29(35)28(20-22-10-5-3-6-11-22)31-30(36)33-40(37,38)32-25-15-9-14-24(21-25)23-12-7-4-8-13-23/h3-14,16-19,21,25,28,32H,15,20H2,1-2H3,(H2,31,33,36)/t25?,28-/m0/s1. The molecule has 0 saturated heterocycles. The molecule has 0 aliphatic heterocycles. The number of methoxy groups -OCH3 is 1. The highest BCUT2D eigenvalue weighted by atomic mass is 32.2. The van der Waals surface area contributed by atoms with Gasteiger partial charge in [0.25, 0.3) is 0 Å². The maximum absolute atomic E-state index is 13.5. The predicted octanol–water partition coefficient (Wildman–Crippen LogP) is 3.82. The van der Waals surface area contributed by atoms with E-state index in [2.05, 4.69) is 10.0 Å². The zero-order valence-electron chi connectivity index (χ0n) is 22.3. The van der Waals surface area contributed by atoms with Crippen LogP contribution in [-0.2, 0) is 21.4 Å². The van der Waals surface area contributed by atoms with Crippen LogP contribution in [-0.4, -0.2) is 46.6 Å². The van der Waals surface area contributed by atoms with Crippen LogP contribution in [0, 0.1) is 0 Å². The van der Waals surface area contributed by atoms with E-state index in [1.807, 2.05) is 77.5 Å². The van der Waals surface area contributed by atoms with Gasteiger partial charge in [-0.3, -0.25) is 4.79 Å². The van der Waals surface area contributed by atoms with E-state index in [0.29, 0.717) is 17.9 Å². The van der Waals surface area contributed by atoms with E-state index in [1.165, 1.54) is 4.90 Å². The molecule has 3 N–H and O–H groups in total. The van der Waals surface area contributed by atoms with Crippen LogP contribution in [0.3, 0.4) is 0 Å². The molecule has 1 unspecified atom stereocenters. The lowest BCUT2D eigenvalue weighted by Gasteiger charge is -2.25. The number of likely N-dealkylation sites (N-methyl/N-ethyl adjacent to an activating group) is 1. The Morgan fingerprint density at radius 1 is 0.975 bits per heavy atom. The molecular weight excluding hydrogens is 528 g/mol. The van der Waals surface area contributed by atoms with Crippen LogP contribution >= 0.6 is 0 Å². The van der Waals surface area contributed by atoms with Crippen LogP contribution in [0.1, 0.15) is 17.5 Å². The molecule has 0 aromatic heterocycles. The molecule has 3 aromatic carbocycles. The minimum absolute atomic E-state index is 0.164. The summed E-state index contributed by atoms with van der Waals surface area (Å²) in [4.78, 5) is 27.7. The zero-order valence-corrected chi connectivity index (χ0v) is 23.1. The number of anilines is 1. The van der Waals surface area contributed by atoms with E-state index in [0.717, 1.165) is 16.7 Å². The normalized spacial score (nSPS) is 15.4. The average molecular weight is 561 g/mol. The second kappa shape index (κ2) is 13.1. The van der Waals surface area contributed by atoms with E-state index in [9.17, 15) is 18.0 Å². The second-order valence-electron chi connectivity index (χ2n) is 9.27. The number of amides is 3. The van der Waals surface area contributed by atoms with E-state index in [-0.39, 0.29) is 6.42 Å². The molecule has 0 radical (unpaired) electrons. The van der Waals surface area contributed by atoms with Crippen LogP contribution in [0.2, 0.25) is 0 Å². The number of ether oxygens (including phenoxy) is 1. The van der Waals surface area contributed by atoms with Gasteiger partial charge in [-0.2, -0.15) is 13.1 Å². The number of carbonyl (C=O) groups excluding carboxylic acids is 2. The van der Waals surface area contributed by atoms with E-state index < -0.39 is 34.2 Å². The molecule has 1 aliphatic rings. The van der Waals surface area contributed by atoms with E-state index in [1.54, 1.807) is 44.5 Å². The number of nitrogens with one attached hydrogen (secondary N) is 3. The van der Waals surface area contributed by atoms with Crippen molar-refractivity contribution in [3.63, 3.8) is 0 Å². The Kier molecular flexibility index (Phi) is 9.36. The van der Waals surface area contributed by atoms with Crippen LogP contribution < -0.4 is 24.4 Å². The summed E-state index contributed by atoms with van der Waals surface area (Å²) in [5, 5.41) is 2.55. The molecule has 4 rings (SSSR count). The summed E-state index contributed by atoms with van der Waals surface area (Å²) in [6.07, 6.45) is 6.20. The highest BCUT2D eigenvalue weighted by molar-refractivity contribution is 7.88. The van der Waals surface area contributed by atoms with Gasteiger partial charge in [0.2, 0.25) is 5.91 Å². The van der Waals surface area contributed by atoms with Gasteiger partial charge in [0.05, 0.1) is 7.11 Å². The average Bonchev–Trinajstić information content (AvgIpc) is 2.96. The fourth-order valence-electron chi connectivity index (χ4n) is 4.34. The summed E-state index contributed by atoms with van der Waals surface area (Å²) >= 11 is 0. The first-order valence-corrected chi connectivity index (χ1v) is 14.2. The van der Waals surface area contributed by atoms with Crippen molar-refractivity contribution >= 4 is 33.4 Å². The van der Waals surface area contributed by atoms with Crippen LogP contribution in [0.25, 0.3) is 5.57 Å². The molecule has 40 heavy (non-hydrogen) atoms. The monoisotopic (exact) mass is 560 g/mol. The third kappa shape index (κ3) is 7.81. The minimum atomic E-state index is -4.24. The van der Waals surface area contributed by atoms with Crippen molar-refractivity contribution in [3.05, 3.63) is 114 Å². The largest absolute Gasteiger partial charge is 0.497 e. The van der Waals surface area contributed by atoms with Gasteiger partial charge in [0.15, 0.2) is 0 Å². The molecule has 3 aromatic rings. The highest BCUT2D eigenvalue weighted by Crippen LogP contribution is 2.22. The molecule has 0 fully saturated rings. The van der Waals surface area contributed by atoms with Gasteiger partial charge in [-0.15, -0.1) is 0 Å². The van der Waals surface area contributed by atoms with Crippen molar-refractivity contribution in [2.24, 2.45) is 0 Å². The molecule has 0 heterocycles. The molecule has 0 bridgehead atoms. The molecule has 3 amide bonds. The predicted molar refractivity (Wildman–Crippen MR) is 156 cm³/mol. The van der Waals surface area contributed by atoms with Gasteiger partial charge in [0, 0.05) is 25.2 Å². The molecule has 0 saturated carbocycles. The number of allylic oxidation sites excluding steroid dienone is 2.